The Morgan fingerprint density at radius 3 is 2.55 bits per heavy atom. The third-order valence-corrected chi connectivity index (χ3v) is 2.75. The molecular weight excluding hydrogens is 256 g/mol. The molecule has 6 heteroatoms. The molecule has 1 unspecified atom stereocenters. The van der Waals surface area contributed by atoms with Crippen molar-refractivity contribution in [1.29, 1.82) is 5.26 Å². The Morgan fingerprint density at radius 1 is 1.35 bits per heavy atom. The van der Waals surface area contributed by atoms with E-state index >= 15 is 0 Å². The molecule has 1 aromatic carbocycles. The number of urea groups is 1. The van der Waals surface area contributed by atoms with Crippen molar-refractivity contribution < 1.29 is 9.90 Å². The van der Waals surface area contributed by atoms with Gasteiger partial charge in [-0.05, 0) is 17.7 Å². The molecule has 3 N–H and O–H groups in total. The van der Waals surface area contributed by atoms with Crippen LogP contribution in [0.5, 0.6) is 0 Å². The van der Waals surface area contributed by atoms with Crippen LogP contribution < -0.4 is 10.6 Å². The second-order valence-electron chi connectivity index (χ2n) is 4.58. The molecule has 0 aromatic heterocycles. The van der Waals surface area contributed by atoms with Crippen LogP contribution in [-0.4, -0.2) is 49.8 Å². The number of amides is 2. The Kier molecular flexibility index (Phi) is 6.50. The molecule has 0 fully saturated rings. The molecule has 0 heterocycles. The van der Waals surface area contributed by atoms with Crippen LogP contribution in [-0.2, 0) is 0 Å². The van der Waals surface area contributed by atoms with Crippen LogP contribution in [0, 0.1) is 11.3 Å². The zero-order valence-electron chi connectivity index (χ0n) is 11.8. The van der Waals surface area contributed by atoms with E-state index in [1.165, 1.54) is 4.90 Å². The summed E-state index contributed by atoms with van der Waals surface area (Å²) >= 11 is 0. The molecule has 0 saturated heterocycles. The Bertz CT molecular complexity index is 465. The number of nitrogens with zero attached hydrogens (tertiary/aromatic N) is 2. The van der Waals surface area contributed by atoms with E-state index in [2.05, 4.69) is 10.6 Å². The molecule has 108 valence electrons. The largest absolute Gasteiger partial charge is 0.387 e. The van der Waals surface area contributed by atoms with E-state index in [-0.39, 0.29) is 6.03 Å². The number of aliphatic hydroxyl groups excluding tert-OH is 1. The van der Waals surface area contributed by atoms with E-state index in [0.29, 0.717) is 25.2 Å². The van der Waals surface area contributed by atoms with Gasteiger partial charge in [0, 0.05) is 33.7 Å². The van der Waals surface area contributed by atoms with E-state index in [0.717, 1.165) is 5.56 Å². The smallest absolute Gasteiger partial charge is 0.316 e. The molecule has 2 amide bonds. The highest BCUT2D eigenvalue weighted by Crippen LogP contribution is 2.12. The average molecular weight is 276 g/mol. The van der Waals surface area contributed by atoms with E-state index in [1.54, 1.807) is 38.4 Å². The highest BCUT2D eigenvalue weighted by molar-refractivity contribution is 5.73. The predicted octanol–water partition coefficient (Wildman–Crippen LogP) is 0.452. The Balaban J connectivity index is 2.24. The summed E-state index contributed by atoms with van der Waals surface area (Å²) in [6.07, 6.45) is -0.632. The molecule has 6 nitrogen and oxygen atoms in total. The molecule has 0 aliphatic heterocycles. The third-order valence-electron chi connectivity index (χ3n) is 2.75. The predicted molar refractivity (Wildman–Crippen MR) is 76.1 cm³/mol. The quantitative estimate of drug-likeness (QED) is 0.658. The molecule has 1 atom stereocenters. The highest BCUT2D eigenvalue weighted by Gasteiger charge is 2.07. The maximum absolute atomic E-state index is 11.2. The number of carbonyl (C=O) groups excluding carboxylic acids is 1. The highest BCUT2D eigenvalue weighted by atomic mass is 16.3. The van der Waals surface area contributed by atoms with Crippen molar-refractivity contribution in [3.05, 3.63) is 35.4 Å². The van der Waals surface area contributed by atoms with Crippen molar-refractivity contribution in [3.8, 4) is 6.07 Å². The first-order valence-electron chi connectivity index (χ1n) is 6.38. The molecule has 0 saturated carbocycles. The van der Waals surface area contributed by atoms with Crippen molar-refractivity contribution >= 4 is 6.03 Å². The van der Waals surface area contributed by atoms with Crippen molar-refractivity contribution in [1.82, 2.24) is 15.5 Å². The number of nitriles is 1. The zero-order chi connectivity index (χ0) is 15.0. The average Bonchev–Trinajstić information content (AvgIpc) is 2.46. The minimum absolute atomic E-state index is 0.139. The number of rotatable bonds is 6. The van der Waals surface area contributed by atoms with Crippen LogP contribution in [0.25, 0.3) is 0 Å². The lowest BCUT2D eigenvalue weighted by molar-refractivity contribution is 0.175. The van der Waals surface area contributed by atoms with Crippen LogP contribution in [0.2, 0.25) is 0 Å². The third kappa shape index (κ3) is 5.26. The number of hydrogen-bond acceptors (Lipinski definition) is 4. The second kappa shape index (κ2) is 8.15. The lowest BCUT2D eigenvalue weighted by Crippen LogP contribution is -2.39. The lowest BCUT2D eigenvalue weighted by atomic mass is 10.1. The Labute approximate surface area is 119 Å². The topological polar surface area (TPSA) is 88.4 Å². The number of aliphatic hydroxyl groups is 1. The molecule has 0 bridgehead atoms. The van der Waals surface area contributed by atoms with Gasteiger partial charge < -0.3 is 20.6 Å². The molecule has 20 heavy (non-hydrogen) atoms. The molecule has 1 aromatic rings. The summed E-state index contributed by atoms with van der Waals surface area (Å²) in [5.74, 6) is 0. The van der Waals surface area contributed by atoms with Gasteiger partial charge in [0.15, 0.2) is 0 Å². The van der Waals surface area contributed by atoms with Gasteiger partial charge in [0.25, 0.3) is 0 Å². The monoisotopic (exact) mass is 276 g/mol. The maximum Gasteiger partial charge on any atom is 0.316 e. The molecule has 0 aliphatic rings. The first-order chi connectivity index (χ1) is 9.54. The first kappa shape index (κ1) is 16.0. The summed E-state index contributed by atoms with van der Waals surface area (Å²) in [4.78, 5) is 12.7. The van der Waals surface area contributed by atoms with Crippen molar-refractivity contribution in [2.24, 2.45) is 0 Å². The van der Waals surface area contributed by atoms with Crippen LogP contribution >= 0.6 is 0 Å². The Morgan fingerprint density at radius 2 is 2.00 bits per heavy atom. The fourth-order valence-corrected chi connectivity index (χ4v) is 1.55. The summed E-state index contributed by atoms with van der Waals surface area (Å²) in [5, 5.41) is 24.4. The molecule has 0 aliphatic carbocycles. The SMILES string of the molecule is CN(C)C(=O)NCCNCC(O)c1ccc(C#N)cc1. The van der Waals surface area contributed by atoms with E-state index in [4.69, 9.17) is 5.26 Å². The summed E-state index contributed by atoms with van der Waals surface area (Å²) in [6.45, 7) is 1.47. The fourth-order valence-electron chi connectivity index (χ4n) is 1.55. The van der Waals surface area contributed by atoms with Gasteiger partial charge in [0.1, 0.15) is 0 Å². The van der Waals surface area contributed by atoms with Crippen molar-refractivity contribution in [3.63, 3.8) is 0 Å². The van der Waals surface area contributed by atoms with Gasteiger partial charge in [-0.2, -0.15) is 5.26 Å². The number of carbonyl (C=O) groups is 1. The number of nitrogens with one attached hydrogen (secondary N) is 2. The van der Waals surface area contributed by atoms with Gasteiger partial charge in [-0.25, -0.2) is 4.79 Å². The normalized spacial score (nSPS) is 11.5. The van der Waals surface area contributed by atoms with Crippen LogP contribution in [0.15, 0.2) is 24.3 Å². The molecular formula is C14H20N4O2. The van der Waals surface area contributed by atoms with Crippen LogP contribution in [0.4, 0.5) is 4.79 Å². The van der Waals surface area contributed by atoms with E-state index < -0.39 is 6.10 Å². The van der Waals surface area contributed by atoms with E-state index in [1.807, 2.05) is 6.07 Å². The van der Waals surface area contributed by atoms with Gasteiger partial charge in [-0.1, -0.05) is 12.1 Å². The van der Waals surface area contributed by atoms with Crippen LogP contribution in [0.1, 0.15) is 17.2 Å². The standard InChI is InChI=1S/C14H20N4O2/c1-18(2)14(20)17-8-7-16-10-13(19)12-5-3-11(9-15)4-6-12/h3-6,13,16,19H,7-8,10H2,1-2H3,(H,17,20). The summed E-state index contributed by atoms with van der Waals surface area (Å²) < 4.78 is 0. The van der Waals surface area contributed by atoms with Crippen LogP contribution in [0.3, 0.4) is 0 Å². The molecule has 0 radical (unpaired) electrons. The first-order valence-corrected chi connectivity index (χ1v) is 6.38. The number of hydrogen-bond donors (Lipinski definition) is 3. The Hall–Kier alpha value is -2.10. The molecule has 1 rings (SSSR count). The fraction of sp³-hybridized carbons (Fsp3) is 0.429. The number of benzene rings is 1. The van der Waals surface area contributed by atoms with Crippen molar-refractivity contribution in [2.75, 3.05) is 33.7 Å². The summed E-state index contributed by atoms with van der Waals surface area (Å²) in [5.41, 5.74) is 1.33. The minimum atomic E-state index is -0.632. The zero-order valence-corrected chi connectivity index (χ0v) is 11.8. The summed E-state index contributed by atoms with van der Waals surface area (Å²) in [7, 11) is 3.36. The summed E-state index contributed by atoms with van der Waals surface area (Å²) in [6, 6.07) is 8.71. The van der Waals surface area contributed by atoms with Gasteiger partial charge in [-0.3, -0.25) is 0 Å². The van der Waals surface area contributed by atoms with Gasteiger partial charge in [0.05, 0.1) is 17.7 Å². The van der Waals surface area contributed by atoms with Crippen molar-refractivity contribution in [2.45, 2.75) is 6.10 Å². The molecule has 0 spiro atoms. The maximum atomic E-state index is 11.2. The van der Waals surface area contributed by atoms with Gasteiger partial charge in [-0.15, -0.1) is 0 Å². The van der Waals surface area contributed by atoms with E-state index in [9.17, 15) is 9.90 Å². The van der Waals surface area contributed by atoms with Gasteiger partial charge >= 0.3 is 6.03 Å². The minimum Gasteiger partial charge on any atom is -0.387 e. The second-order valence-corrected chi connectivity index (χ2v) is 4.58. The lowest BCUT2D eigenvalue weighted by Gasteiger charge is -2.14. The van der Waals surface area contributed by atoms with Gasteiger partial charge in [0.2, 0.25) is 0 Å².